The molecule has 1 aromatic heterocycles. The maximum atomic E-state index is 13.3. The minimum absolute atomic E-state index is 0.239. The standard InChI is InChI=1S/C17H12F3N3O/c18-11-3-1-10(2-4-11)17(24)8-23(9-17)16-7-21-14-5-12(19)13(20)6-15(14)22-16/h1-7,24H,8-9H2. The highest BCUT2D eigenvalue weighted by Gasteiger charge is 2.43. The van der Waals surface area contributed by atoms with Crippen LogP contribution in [0.2, 0.25) is 0 Å². The molecule has 0 spiro atoms. The average molecular weight is 331 g/mol. The first kappa shape index (κ1) is 14.9. The number of β-amino-alcohol motifs (C(OH)–C–C–N with tert-alkyl or cyclic N) is 1. The van der Waals surface area contributed by atoms with Crippen molar-refractivity contribution in [3.05, 3.63) is 65.6 Å². The predicted molar refractivity (Wildman–Crippen MR) is 82.0 cm³/mol. The maximum Gasteiger partial charge on any atom is 0.161 e. The predicted octanol–water partition coefficient (Wildman–Crippen LogP) is 2.75. The summed E-state index contributed by atoms with van der Waals surface area (Å²) in [5.74, 6) is -1.87. The number of benzene rings is 2. The van der Waals surface area contributed by atoms with E-state index in [1.807, 2.05) is 0 Å². The van der Waals surface area contributed by atoms with E-state index in [1.165, 1.54) is 30.5 Å². The molecule has 3 aromatic rings. The molecule has 1 N–H and O–H groups in total. The van der Waals surface area contributed by atoms with Crippen molar-refractivity contribution < 1.29 is 18.3 Å². The molecule has 0 bridgehead atoms. The molecule has 2 heterocycles. The number of aliphatic hydroxyl groups is 1. The maximum absolute atomic E-state index is 13.3. The van der Waals surface area contributed by atoms with Gasteiger partial charge in [0.2, 0.25) is 0 Å². The van der Waals surface area contributed by atoms with E-state index < -0.39 is 17.2 Å². The molecule has 0 unspecified atom stereocenters. The summed E-state index contributed by atoms with van der Waals surface area (Å²) < 4.78 is 39.5. The Hall–Kier alpha value is -2.67. The number of hydrogen-bond acceptors (Lipinski definition) is 4. The molecule has 1 fully saturated rings. The molecule has 1 aliphatic heterocycles. The zero-order valence-corrected chi connectivity index (χ0v) is 12.4. The van der Waals surface area contributed by atoms with Crippen molar-refractivity contribution in [2.24, 2.45) is 0 Å². The second-order valence-electron chi connectivity index (χ2n) is 5.88. The van der Waals surface area contributed by atoms with E-state index >= 15 is 0 Å². The summed E-state index contributed by atoms with van der Waals surface area (Å²) >= 11 is 0. The smallest absolute Gasteiger partial charge is 0.161 e. The first-order chi connectivity index (χ1) is 11.4. The zero-order valence-electron chi connectivity index (χ0n) is 12.4. The molecule has 7 heteroatoms. The van der Waals surface area contributed by atoms with E-state index in [1.54, 1.807) is 4.90 Å². The molecule has 0 saturated carbocycles. The Bertz CT molecular complexity index is 924. The van der Waals surface area contributed by atoms with Crippen LogP contribution < -0.4 is 4.90 Å². The molecule has 24 heavy (non-hydrogen) atoms. The third-order valence-electron chi connectivity index (χ3n) is 4.18. The van der Waals surface area contributed by atoms with Gasteiger partial charge in [0.15, 0.2) is 11.6 Å². The monoisotopic (exact) mass is 331 g/mol. The molecular weight excluding hydrogens is 319 g/mol. The van der Waals surface area contributed by atoms with E-state index in [-0.39, 0.29) is 29.9 Å². The van der Waals surface area contributed by atoms with Gasteiger partial charge in [-0.2, -0.15) is 0 Å². The van der Waals surface area contributed by atoms with Crippen molar-refractivity contribution >= 4 is 16.9 Å². The summed E-state index contributed by atoms with van der Waals surface area (Å²) in [6.07, 6.45) is 1.45. The fraction of sp³-hybridized carbons (Fsp3) is 0.176. The molecule has 4 nitrogen and oxygen atoms in total. The number of fused-ring (bicyclic) bond motifs is 1. The molecule has 0 amide bonds. The Morgan fingerprint density at radius 2 is 1.58 bits per heavy atom. The second kappa shape index (κ2) is 5.17. The van der Waals surface area contributed by atoms with Crippen molar-refractivity contribution in [1.29, 1.82) is 0 Å². The summed E-state index contributed by atoms with van der Waals surface area (Å²) in [6.45, 7) is 0.505. The Morgan fingerprint density at radius 3 is 2.25 bits per heavy atom. The fourth-order valence-corrected chi connectivity index (χ4v) is 2.84. The third-order valence-corrected chi connectivity index (χ3v) is 4.18. The lowest BCUT2D eigenvalue weighted by Gasteiger charge is -2.47. The van der Waals surface area contributed by atoms with Gasteiger partial charge in [-0.05, 0) is 17.7 Å². The minimum Gasteiger partial charge on any atom is -0.381 e. The average Bonchev–Trinajstić information content (AvgIpc) is 2.53. The first-order valence-corrected chi connectivity index (χ1v) is 7.30. The molecule has 4 rings (SSSR count). The third kappa shape index (κ3) is 2.37. The molecule has 1 saturated heterocycles. The van der Waals surface area contributed by atoms with Crippen molar-refractivity contribution in [2.75, 3.05) is 18.0 Å². The summed E-state index contributed by atoms with van der Waals surface area (Å²) in [6, 6.07) is 7.65. The summed E-state index contributed by atoms with van der Waals surface area (Å²) in [5.41, 5.74) is 0.0101. The van der Waals surface area contributed by atoms with Crippen molar-refractivity contribution in [1.82, 2.24) is 9.97 Å². The Labute approximate surface area is 135 Å². The highest BCUT2D eigenvalue weighted by Crippen LogP contribution is 2.35. The van der Waals surface area contributed by atoms with Gasteiger partial charge in [0, 0.05) is 12.1 Å². The SMILES string of the molecule is OC1(c2ccc(F)cc2)CN(c2cnc3cc(F)c(F)cc3n2)C1. The largest absolute Gasteiger partial charge is 0.381 e. The Morgan fingerprint density at radius 1 is 0.958 bits per heavy atom. The Balaban J connectivity index is 1.59. The molecule has 0 atom stereocenters. The van der Waals surface area contributed by atoms with E-state index in [2.05, 4.69) is 9.97 Å². The van der Waals surface area contributed by atoms with Gasteiger partial charge in [-0.15, -0.1) is 0 Å². The van der Waals surface area contributed by atoms with E-state index in [4.69, 9.17) is 0 Å². The van der Waals surface area contributed by atoms with Gasteiger partial charge in [0.25, 0.3) is 0 Å². The van der Waals surface area contributed by atoms with Crippen LogP contribution in [-0.4, -0.2) is 28.2 Å². The van der Waals surface area contributed by atoms with Crippen LogP contribution in [0.15, 0.2) is 42.6 Å². The van der Waals surface area contributed by atoms with E-state index in [9.17, 15) is 18.3 Å². The number of rotatable bonds is 2. The van der Waals surface area contributed by atoms with Gasteiger partial charge in [0.05, 0.1) is 30.3 Å². The van der Waals surface area contributed by atoms with Crippen molar-refractivity contribution in [3.63, 3.8) is 0 Å². The highest BCUT2D eigenvalue weighted by atomic mass is 19.2. The van der Waals surface area contributed by atoms with Gasteiger partial charge in [0.1, 0.15) is 17.2 Å². The first-order valence-electron chi connectivity index (χ1n) is 7.30. The molecule has 1 aliphatic rings. The van der Waals surface area contributed by atoms with Gasteiger partial charge < -0.3 is 10.0 Å². The van der Waals surface area contributed by atoms with Crippen LogP contribution in [0, 0.1) is 17.5 Å². The number of halogens is 3. The van der Waals surface area contributed by atoms with E-state index in [0.717, 1.165) is 12.1 Å². The zero-order chi connectivity index (χ0) is 16.9. The molecule has 122 valence electrons. The minimum atomic E-state index is -1.10. The van der Waals surface area contributed by atoms with E-state index in [0.29, 0.717) is 11.4 Å². The van der Waals surface area contributed by atoms with Crippen LogP contribution in [0.3, 0.4) is 0 Å². The van der Waals surface area contributed by atoms with Crippen LogP contribution in [-0.2, 0) is 5.60 Å². The normalized spacial score (nSPS) is 16.2. The van der Waals surface area contributed by atoms with Crippen LogP contribution in [0.1, 0.15) is 5.56 Å². The lowest BCUT2D eigenvalue weighted by atomic mass is 9.86. The topological polar surface area (TPSA) is 49.2 Å². The molecule has 0 aliphatic carbocycles. The summed E-state index contributed by atoms with van der Waals surface area (Å²) in [7, 11) is 0. The summed E-state index contributed by atoms with van der Waals surface area (Å²) in [5, 5.41) is 10.6. The fourth-order valence-electron chi connectivity index (χ4n) is 2.84. The lowest BCUT2D eigenvalue weighted by molar-refractivity contribution is 0.00701. The number of nitrogens with zero attached hydrogens (tertiary/aromatic N) is 3. The molecular formula is C17H12F3N3O. The molecule has 0 radical (unpaired) electrons. The number of hydrogen-bond donors (Lipinski definition) is 1. The van der Waals surface area contributed by atoms with Crippen LogP contribution in [0.25, 0.3) is 11.0 Å². The lowest BCUT2D eigenvalue weighted by Crippen LogP contribution is -2.59. The molecule has 2 aromatic carbocycles. The highest BCUT2D eigenvalue weighted by molar-refractivity contribution is 5.76. The van der Waals surface area contributed by atoms with Gasteiger partial charge in [-0.3, -0.25) is 4.98 Å². The van der Waals surface area contributed by atoms with Crippen LogP contribution in [0.4, 0.5) is 19.0 Å². The second-order valence-corrected chi connectivity index (χ2v) is 5.88. The van der Waals surface area contributed by atoms with Gasteiger partial charge in [-0.25, -0.2) is 18.2 Å². The quantitative estimate of drug-likeness (QED) is 0.784. The van der Waals surface area contributed by atoms with Crippen LogP contribution in [0.5, 0.6) is 0 Å². The van der Waals surface area contributed by atoms with Gasteiger partial charge in [-0.1, -0.05) is 12.1 Å². The number of aromatic nitrogens is 2. The number of anilines is 1. The van der Waals surface area contributed by atoms with Crippen molar-refractivity contribution in [3.8, 4) is 0 Å². The van der Waals surface area contributed by atoms with Crippen molar-refractivity contribution in [2.45, 2.75) is 5.60 Å². The van der Waals surface area contributed by atoms with Crippen LogP contribution >= 0.6 is 0 Å². The van der Waals surface area contributed by atoms with Gasteiger partial charge >= 0.3 is 0 Å². The summed E-state index contributed by atoms with van der Waals surface area (Å²) in [4.78, 5) is 10.1. The Kier molecular flexibility index (Phi) is 3.21.